The Labute approximate surface area is 115 Å². The molecule has 0 aliphatic heterocycles. The molecule has 0 radical (unpaired) electrons. The van der Waals surface area contributed by atoms with Crippen molar-refractivity contribution in [1.29, 1.82) is 0 Å². The van der Waals surface area contributed by atoms with E-state index in [9.17, 15) is 18.0 Å². The van der Waals surface area contributed by atoms with Crippen molar-refractivity contribution >= 4 is 11.6 Å². The fraction of sp³-hybridized carbons (Fsp3) is 0.500. The number of carbonyl (C=O) groups excluding carboxylic acids is 1. The van der Waals surface area contributed by atoms with E-state index in [1.165, 1.54) is 25.0 Å². The van der Waals surface area contributed by atoms with Crippen molar-refractivity contribution in [3.05, 3.63) is 29.3 Å². The molecule has 110 valence electrons. The molecule has 0 aromatic heterocycles. The van der Waals surface area contributed by atoms with Gasteiger partial charge in [-0.15, -0.1) is 0 Å². The van der Waals surface area contributed by atoms with Crippen molar-refractivity contribution in [2.45, 2.75) is 31.9 Å². The number of nitrogens with one attached hydrogen (secondary N) is 1. The molecule has 0 heterocycles. The molecule has 0 atom stereocenters. The number of nitrogens with two attached hydrogens (primary N) is 1. The van der Waals surface area contributed by atoms with Crippen molar-refractivity contribution < 1.29 is 18.0 Å². The van der Waals surface area contributed by atoms with E-state index in [1.54, 1.807) is 0 Å². The van der Waals surface area contributed by atoms with Gasteiger partial charge in [-0.25, -0.2) is 0 Å². The van der Waals surface area contributed by atoms with Gasteiger partial charge in [-0.1, -0.05) is 18.9 Å². The molecule has 1 aromatic carbocycles. The number of nitrogen functional groups attached to an aromatic ring is 1. The van der Waals surface area contributed by atoms with Crippen molar-refractivity contribution in [3.63, 3.8) is 0 Å². The first kappa shape index (κ1) is 14.7. The molecule has 2 rings (SSSR count). The van der Waals surface area contributed by atoms with Gasteiger partial charge < -0.3 is 11.1 Å². The zero-order valence-electron chi connectivity index (χ0n) is 11.0. The second kappa shape index (κ2) is 5.73. The minimum atomic E-state index is -4.55. The van der Waals surface area contributed by atoms with Gasteiger partial charge in [-0.3, -0.25) is 4.79 Å². The number of hydrogen-bond donors (Lipinski definition) is 2. The number of halogens is 3. The first-order valence-corrected chi connectivity index (χ1v) is 6.63. The van der Waals surface area contributed by atoms with Crippen molar-refractivity contribution in [1.82, 2.24) is 5.32 Å². The lowest BCUT2D eigenvalue weighted by atomic mass is 10.1. The van der Waals surface area contributed by atoms with Gasteiger partial charge in [0.2, 0.25) is 0 Å². The zero-order valence-corrected chi connectivity index (χ0v) is 11.0. The fourth-order valence-electron chi connectivity index (χ4n) is 2.10. The lowest BCUT2D eigenvalue weighted by Gasteiger charge is -2.13. The number of benzene rings is 1. The van der Waals surface area contributed by atoms with Gasteiger partial charge in [0.15, 0.2) is 0 Å². The smallest absolute Gasteiger partial charge is 0.398 e. The average Bonchev–Trinajstić information content (AvgIpc) is 3.17. The van der Waals surface area contributed by atoms with Crippen molar-refractivity contribution in [2.24, 2.45) is 5.92 Å². The first-order chi connectivity index (χ1) is 9.39. The molecular weight excluding hydrogens is 269 g/mol. The topological polar surface area (TPSA) is 55.1 Å². The Kier molecular flexibility index (Phi) is 4.20. The Morgan fingerprint density at radius 3 is 2.65 bits per heavy atom. The van der Waals surface area contributed by atoms with Gasteiger partial charge in [-0.05, 0) is 30.9 Å². The summed E-state index contributed by atoms with van der Waals surface area (Å²) in [4.78, 5) is 11.8. The van der Waals surface area contributed by atoms with E-state index < -0.39 is 23.3 Å². The van der Waals surface area contributed by atoms with E-state index in [4.69, 9.17) is 5.73 Å². The molecule has 0 saturated heterocycles. The summed E-state index contributed by atoms with van der Waals surface area (Å²) in [6.07, 6.45) is -0.164. The van der Waals surface area contributed by atoms with E-state index in [0.29, 0.717) is 6.54 Å². The van der Waals surface area contributed by atoms with Crippen molar-refractivity contribution in [3.8, 4) is 0 Å². The van der Waals surface area contributed by atoms with Gasteiger partial charge in [-0.2, -0.15) is 13.2 Å². The Morgan fingerprint density at radius 2 is 2.05 bits per heavy atom. The lowest BCUT2D eigenvalue weighted by Crippen LogP contribution is -2.26. The Hall–Kier alpha value is -1.72. The lowest BCUT2D eigenvalue weighted by molar-refractivity contribution is -0.136. The van der Waals surface area contributed by atoms with Crippen LogP contribution in [0.25, 0.3) is 0 Å². The quantitative estimate of drug-likeness (QED) is 0.645. The molecule has 1 saturated carbocycles. The summed E-state index contributed by atoms with van der Waals surface area (Å²) >= 11 is 0. The Bertz CT molecular complexity index is 496. The van der Waals surface area contributed by atoms with Crippen LogP contribution in [0.1, 0.15) is 41.6 Å². The van der Waals surface area contributed by atoms with E-state index in [-0.39, 0.29) is 5.56 Å². The molecule has 1 amide bonds. The van der Waals surface area contributed by atoms with E-state index in [0.717, 1.165) is 24.8 Å². The van der Waals surface area contributed by atoms with Crippen LogP contribution in [0.3, 0.4) is 0 Å². The summed E-state index contributed by atoms with van der Waals surface area (Å²) < 4.78 is 38.0. The normalized spacial score (nSPS) is 15.2. The molecule has 1 aliphatic rings. The summed E-state index contributed by atoms with van der Waals surface area (Å²) in [6.45, 7) is 0.463. The Morgan fingerprint density at radius 1 is 1.35 bits per heavy atom. The van der Waals surface area contributed by atoms with E-state index >= 15 is 0 Å². The number of amides is 1. The third-order valence-corrected chi connectivity index (χ3v) is 3.43. The molecule has 0 bridgehead atoms. The summed E-state index contributed by atoms with van der Waals surface area (Å²) in [7, 11) is 0. The molecule has 6 heteroatoms. The first-order valence-electron chi connectivity index (χ1n) is 6.63. The van der Waals surface area contributed by atoms with E-state index in [2.05, 4.69) is 5.32 Å². The molecule has 3 N–H and O–H groups in total. The van der Waals surface area contributed by atoms with Crippen LogP contribution in [-0.4, -0.2) is 12.5 Å². The minimum absolute atomic E-state index is 0.119. The third kappa shape index (κ3) is 3.65. The van der Waals surface area contributed by atoms with Gasteiger partial charge in [0.1, 0.15) is 0 Å². The predicted molar refractivity (Wildman–Crippen MR) is 70.1 cm³/mol. The van der Waals surface area contributed by atoms with Crippen LogP contribution >= 0.6 is 0 Å². The summed E-state index contributed by atoms with van der Waals surface area (Å²) in [5.74, 6) is 0.218. The maximum atomic E-state index is 12.7. The minimum Gasteiger partial charge on any atom is -0.398 e. The number of carbonyl (C=O) groups is 1. The van der Waals surface area contributed by atoms with Crippen LogP contribution < -0.4 is 11.1 Å². The van der Waals surface area contributed by atoms with Crippen LogP contribution in [-0.2, 0) is 6.18 Å². The summed E-state index contributed by atoms with van der Waals surface area (Å²) in [6, 6.07) is 3.37. The molecule has 0 unspecified atom stereocenters. The summed E-state index contributed by atoms with van der Waals surface area (Å²) in [5.41, 5.74) is 3.85. The Balaban J connectivity index is 1.98. The second-order valence-electron chi connectivity index (χ2n) is 5.11. The van der Waals surface area contributed by atoms with Gasteiger partial charge in [0.25, 0.3) is 5.91 Å². The van der Waals surface area contributed by atoms with Crippen molar-refractivity contribution in [2.75, 3.05) is 12.3 Å². The fourth-order valence-corrected chi connectivity index (χ4v) is 2.10. The highest BCUT2D eigenvalue weighted by molar-refractivity contribution is 5.99. The largest absolute Gasteiger partial charge is 0.418 e. The number of alkyl halides is 3. The molecule has 1 fully saturated rings. The number of para-hydroxylation sites is 1. The van der Waals surface area contributed by atoms with Crippen LogP contribution in [0, 0.1) is 5.92 Å². The van der Waals surface area contributed by atoms with Crippen LogP contribution in [0.5, 0.6) is 0 Å². The second-order valence-corrected chi connectivity index (χ2v) is 5.11. The standard InChI is InChI=1S/C14H17F3N2O/c15-14(16,17)11-5-1-4-10(12(11)18)13(20)19-8-2-3-9-6-7-9/h1,4-5,9H,2-3,6-8,18H2,(H,19,20). The highest BCUT2D eigenvalue weighted by Gasteiger charge is 2.34. The van der Waals surface area contributed by atoms with Gasteiger partial charge in [0.05, 0.1) is 16.8 Å². The number of rotatable bonds is 5. The number of anilines is 1. The molecule has 0 spiro atoms. The van der Waals surface area contributed by atoms with Crippen LogP contribution in [0.2, 0.25) is 0 Å². The van der Waals surface area contributed by atoms with E-state index in [1.807, 2.05) is 0 Å². The monoisotopic (exact) mass is 286 g/mol. The maximum Gasteiger partial charge on any atom is 0.418 e. The molecule has 3 nitrogen and oxygen atoms in total. The summed E-state index contributed by atoms with van der Waals surface area (Å²) in [5, 5.41) is 2.62. The average molecular weight is 286 g/mol. The van der Waals surface area contributed by atoms with Gasteiger partial charge in [0, 0.05) is 6.54 Å². The van der Waals surface area contributed by atoms with Crippen LogP contribution in [0.4, 0.5) is 18.9 Å². The number of hydrogen-bond acceptors (Lipinski definition) is 2. The predicted octanol–water partition coefficient (Wildman–Crippen LogP) is 3.21. The highest BCUT2D eigenvalue weighted by atomic mass is 19.4. The van der Waals surface area contributed by atoms with Gasteiger partial charge >= 0.3 is 6.18 Å². The SMILES string of the molecule is Nc1c(C(=O)NCCCC2CC2)cccc1C(F)(F)F. The molecular formula is C14H17F3N2O. The zero-order chi connectivity index (χ0) is 14.8. The maximum absolute atomic E-state index is 12.7. The molecule has 20 heavy (non-hydrogen) atoms. The highest BCUT2D eigenvalue weighted by Crippen LogP contribution is 2.35. The third-order valence-electron chi connectivity index (χ3n) is 3.43. The molecule has 1 aromatic rings. The molecule has 1 aliphatic carbocycles. The van der Waals surface area contributed by atoms with Crippen LogP contribution in [0.15, 0.2) is 18.2 Å².